The van der Waals surface area contributed by atoms with Crippen molar-refractivity contribution in [3.05, 3.63) is 47.5 Å². The van der Waals surface area contributed by atoms with Crippen molar-refractivity contribution < 1.29 is 22.7 Å². The van der Waals surface area contributed by atoms with Gasteiger partial charge in [0.2, 0.25) is 22.7 Å². The predicted octanol–water partition coefficient (Wildman–Crippen LogP) is 3.17. The maximum Gasteiger partial charge on any atom is 0.240 e. The number of rotatable bonds is 5. The Morgan fingerprint density at radius 1 is 1.13 bits per heavy atom. The Kier molecular flexibility index (Phi) is 5.02. The van der Waals surface area contributed by atoms with Gasteiger partial charge in [0.05, 0.1) is 4.90 Å². The third-order valence-electron chi connectivity index (χ3n) is 5.51. The van der Waals surface area contributed by atoms with Crippen LogP contribution in [0, 0.1) is 5.92 Å². The molecule has 7 nitrogen and oxygen atoms in total. The second-order valence-corrected chi connectivity index (χ2v) is 10.4. The minimum atomic E-state index is -3.72. The highest BCUT2D eigenvalue weighted by Crippen LogP contribution is 2.42. The van der Waals surface area contributed by atoms with Crippen LogP contribution in [0.15, 0.2) is 41.3 Å². The van der Waals surface area contributed by atoms with Crippen LogP contribution < -0.4 is 19.1 Å². The number of carbonyl (C=O) groups is 1. The van der Waals surface area contributed by atoms with E-state index in [0.717, 1.165) is 16.8 Å². The zero-order valence-electron chi connectivity index (χ0n) is 17.6. The summed E-state index contributed by atoms with van der Waals surface area (Å²) in [5.41, 5.74) is 2.09. The summed E-state index contributed by atoms with van der Waals surface area (Å²) in [6, 6.07) is 10.3. The fourth-order valence-electron chi connectivity index (χ4n) is 3.85. The molecule has 1 N–H and O–H groups in total. The van der Waals surface area contributed by atoms with Crippen LogP contribution in [0.25, 0.3) is 0 Å². The molecule has 2 aromatic carbocycles. The quantitative estimate of drug-likeness (QED) is 0.788. The highest BCUT2D eigenvalue weighted by atomic mass is 32.2. The number of ether oxygens (including phenoxy) is 2. The molecule has 8 heteroatoms. The van der Waals surface area contributed by atoms with Gasteiger partial charge < -0.3 is 14.4 Å². The number of nitrogens with one attached hydrogen (secondary N) is 1. The minimum absolute atomic E-state index is 0.0402. The van der Waals surface area contributed by atoms with E-state index in [4.69, 9.17) is 9.47 Å². The first-order valence-corrected chi connectivity index (χ1v) is 11.4. The predicted molar refractivity (Wildman–Crippen MR) is 113 cm³/mol. The first kappa shape index (κ1) is 20.7. The van der Waals surface area contributed by atoms with Gasteiger partial charge in [0.1, 0.15) is 0 Å². The molecule has 1 amide bonds. The SMILES string of the molecule is CC(C)C(=O)N1CC(C)(C)c2cc(S(=O)(=O)NCc3ccc4c(c3)OCO4)ccc21. The summed E-state index contributed by atoms with van der Waals surface area (Å²) in [5.74, 6) is 1.18. The second kappa shape index (κ2) is 7.28. The molecule has 2 aliphatic heterocycles. The summed E-state index contributed by atoms with van der Waals surface area (Å²) in [6.45, 7) is 8.63. The number of hydrogen-bond acceptors (Lipinski definition) is 5. The lowest BCUT2D eigenvalue weighted by Crippen LogP contribution is -2.36. The normalized spacial score (nSPS) is 16.8. The standard InChI is InChI=1S/C22H26N2O5S/c1-14(2)21(25)24-12-22(3,4)17-10-16(6-7-18(17)24)30(26,27)23-11-15-5-8-19-20(9-15)29-13-28-19/h5-10,14,23H,11-13H2,1-4H3. The molecule has 0 radical (unpaired) electrons. The van der Waals surface area contributed by atoms with Crippen molar-refractivity contribution in [3.63, 3.8) is 0 Å². The summed E-state index contributed by atoms with van der Waals surface area (Å²) in [6.07, 6.45) is 0. The van der Waals surface area contributed by atoms with Crippen LogP contribution in [0.3, 0.4) is 0 Å². The molecule has 2 aliphatic rings. The number of amides is 1. The number of sulfonamides is 1. The van der Waals surface area contributed by atoms with Crippen LogP contribution in [0.5, 0.6) is 11.5 Å². The highest BCUT2D eigenvalue weighted by molar-refractivity contribution is 7.89. The Morgan fingerprint density at radius 2 is 1.87 bits per heavy atom. The summed E-state index contributed by atoms with van der Waals surface area (Å²) >= 11 is 0. The topological polar surface area (TPSA) is 84.9 Å². The Bertz CT molecular complexity index is 1110. The summed E-state index contributed by atoms with van der Waals surface area (Å²) in [5, 5.41) is 0. The second-order valence-electron chi connectivity index (χ2n) is 8.65. The van der Waals surface area contributed by atoms with Crippen molar-refractivity contribution >= 4 is 21.6 Å². The van der Waals surface area contributed by atoms with Crippen molar-refractivity contribution in [1.82, 2.24) is 4.72 Å². The van der Waals surface area contributed by atoms with Crippen molar-refractivity contribution in [2.24, 2.45) is 5.92 Å². The van der Waals surface area contributed by atoms with E-state index in [1.807, 2.05) is 27.7 Å². The van der Waals surface area contributed by atoms with E-state index in [9.17, 15) is 13.2 Å². The molecular weight excluding hydrogens is 404 g/mol. The number of hydrogen-bond donors (Lipinski definition) is 1. The molecule has 0 bridgehead atoms. The van der Waals surface area contributed by atoms with Crippen LogP contribution in [-0.4, -0.2) is 27.7 Å². The molecule has 2 aromatic rings. The average molecular weight is 431 g/mol. The Labute approximate surface area is 177 Å². The first-order chi connectivity index (χ1) is 14.1. The van der Waals surface area contributed by atoms with E-state index in [-0.39, 0.29) is 35.5 Å². The van der Waals surface area contributed by atoms with E-state index < -0.39 is 10.0 Å². The lowest BCUT2D eigenvalue weighted by atomic mass is 9.87. The molecule has 0 aromatic heterocycles. The van der Waals surface area contributed by atoms with Gasteiger partial charge in [0.25, 0.3) is 0 Å². The molecule has 0 saturated heterocycles. The van der Waals surface area contributed by atoms with Crippen molar-refractivity contribution in [2.75, 3.05) is 18.2 Å². The first-order valence-electron chi connectivity index (χ1n) is 9.92. The Morgan fingerprint density at radius 3 is 2.60 bits per heavy atom. The largest absolute Gasteiger partial charge is 0.454 e. The van der Waals surface area contributed by atoms with Gasteiger partial charge in [-0.1, -0.05) is 33.8 Å². The molecule has 0 aliphatic carbocycles. The maximum absolute atomic E-state index is 12.9. The van der Waals surface area contributed by atoms with Gasteiger partial charge in [-0.3, -0.25) is 4.79 Å². The van der Waals surface area contributed by atoms with Gasteiger partial charge in [0, 0.05) is 30.1 Å². The molecule has 0 spiro atoms. The number of carbonyl (C=O) groups excluding carboxylic acids is 1. The Balaban J connectivity index is 1.57. The fraction of sp³-hybridized carbons (Fsp3) is 0.409. The summed E-state index contributed by atoms with van der Waals surface area (Å²) in [4.78, 5) is 14.5. The van der Waals surface area contributed by atoms with Crippen molar-refractivity contribution in [2.45, 2.75) is 44.6 Å². The van der Waals surface area contributed by atoms with Gasteiger partial charge in [-0.25, -0.2) is 13.1 Å². The van der Waals surface area contributed by atoms with E-state index >= 15 is 0 Å². The maximum atomic E-state index is 12.9. The average Bonchev–Trinajstić information content (AvgIpc) is 3.27. The third-order valence-corrected chi connectivity index (χ3v) is 6.91. The number of fused-ring (bicyclic) bond motifs is 2. The van der Waals surface area contributed by atoms with E-state index in [2.05, 4.69) is 4.72 Å². The van der Waals surface area contributed by atoms with Gasteiger partial charge in [-0.15, -0.1) is 0 Å². The minimum Gasteiger partial charge on any atom is -0.454 e. The van der Waals surface area contributed by atoms with Gasteiger partial charge in [0.15, 0.2) is 11.5 Å². The van der Waals surface area contributed by atoms with Crippen LogP contribution in [0.2, 0.25) is 0 Å². The highest BCUT2D eigenvalue weighted by Gasteiger charge is 2.39. The molecule has 0 atom stereocenters. The molecular formula is C22H26N2O5S. The molecule has 160 valence electrons. The van der Waals surface area contributed by atoms with Crippen molar-refractivity contribution in [1.29, 1.82) is 0 Å². The summed E-state index contributed by atoms with van der Waals surface area (Å²) < 4.78 is 39.1. The fourth-order valence-corrected chi connectivity index (χ4v) is 4.89. The van der Waals surface area contributed by atoms with Crippen LogP contribution in [0.1, 0.15) is 38.8 Å². The smallest absolute Gasteiger partial charge is 0.240 e. The Hall–Kier alpha value is -2.58. The molecule has 0 unspecified atom stereocenters. The number of benzene rings is 2. The number of anilines is 1. The molecule has 4 rings (SSSR count). The number of nitrogens with zero attached hydrogens (tertiary/aromatic N) is 1. The van der Waals surface area contributed by atoms with E-state index in [1.54, 1.807) is 41.3 Å². The van der Waals surface area contributed by atoms with E-state index in [1.165, 1.54) is 0 Å². The summed E-state index contributed by atoms with van der Waals surface area (Å²) in [7, 11) is -3.72. The van der Waals surface area contributed by atoms with Crippen LogP contribution in [0.4, 0.5) is 5.69 Å². The van der Waals surface area contributed by atoms with Gasteiger partial charge in [-0.2, -0.15) is 0 Å². The van der Waals surface area contributed by atoms with Crippen LogP contribution in [-0.2, 0) is 26.8 Å². The van der Waals surface area contributed by atoms with Crippen molar-refractivity contribution in [3.8, 4) is 11.5 Å². The zero-order chi connectivity index (χ0) is 21.7. The van der Waals surface area contributed by atoms with E-state index in [0.29, 0.717) is 18.0 Å². The van der Waals surface area contributed by atoms with Gasteiger partial charge in [-0.05, 0) is 41.5 Å². The third kappa shape index (κ3) is 3.65. The van der Waals surface area contributed by atoms with Gasteiger partial charge >= 0.3 is 0 Å². The lowest BCUT2D eigenvalue weighted by Gasteiger charge is -2.22. The molecule has 0 saturated carbocycles. The van der Waals surface area contributed by atoms with Crippen LogP contribution >= 0.6 is 0 Å². The zero-order valence-corrected chi connectivity index (χ0v) is 18.4. The molecule has 30 heavy (non-hydrogen) atoms. The lowest BCUT2D eigenvalue weighted by molar-refractivity contribution is -0.121. The molecule has 0 fully saturated rings. The molecule has 2 heterocycles. The monoisotopic (exact) mass is 430 g/mol.